The van der Waals surface area contributed by atoms with Gasteiger partial charge in [-0.1, -0.05) is 55.0 Å². The highest BCUT2D eigenvalue weighted by atomic mass is 16.5. The third-order valence-corrected chi connectivity index (χ3v) is 5.05. The van der Waals surface area contributed by atoms with E-state index in [-0.39, 0.29) is 23.9 Å². The van der Waals surface area contributed by atoms with Crippen molar-refractivity contribution in [3.63, 3.8) is 0 Å². The van der Waals surface area contributed by atoms with Crippen molar-refractivity contribution < 1.29 is 14.3 Å². The molecule has 0 radical (unpaired) electrons. The molecular weight excluding hydrogens is 324 g/mol. The van der Waals surface area contributed by atoms with E-state index in [1.807, 2.05) is 30.3 Å². The van der Waals surface area contributed by atoms with Gasteiger partial charge in [-0.3, -0.25) is 4.79 Å². The van der Waals surface area contributed by atoms with Gasteiger partial charge in [-0.15, -0.1) is 0 Å². The Kier molecular flexibility index (Phi) is 5.87. The SMILES string of the molecule is CCOC(=O)C1=C(c2ccccc2)/C(=C/C2=CCCCC2)C(C)CC1=O. The summed E-state index contributed by atoms with van der Waals surface area (Å²) in [6.07, 6.45) is 9.42. The summed E-state index contributed by atoms with van der Waals surface area (Å²) in [5.74, 6) is -0.546. The first-order valence-corrected chi connectivity index (χ1v) is 9.52. The van der Waals surface area contributed by atoms with E-state index in [9.17, 15) is 9.59 Å². The number of ketones is 1. The number of carbonyl (C=O) groups excluding carboxylic acids is 2. The summed E-state index contributed by atoms with van der Waals surface area (Å²) in [7, 11) is 0. The van der Waals surface area contributed by atoms with Crippen LogP contribution in [0.15, 0.2) is 59.2 Å². The molecule has 1 aromatic rings. The van der Waals surface area contributed by atoms with Gasteiger partial charge in [0.15, 0.2) is 5.78 Å². The van der Waals surface area contributed by atoms with Crippen LogP contribution in [-0.4, -0.2) is 18.4 Å². The number of rotatable bonds is 4. The van der Waals surface area contributed by atoms with Crippen LogP contribution < -0.4 is 0 Å². The third kappa shape index (κ3) is 3.87. The van der Waals surface area contributed by atoms with Crippen molar-refractivity contribution in [2.45, 2.75) is 46.0 Å². The van der Waals surface area contributed by atoms with Crippen molar-refractivity contribution in [3.05, 3.63) is 64.8 Å². The van der Waals surface area contributed by atoms with Gasteiger partial charge in [-0.2, -0.15) is 0 Å². The predicted molar refractivity (Wildman–Crippen MR) is 103 cm³/mol. The van der Waals surface area contributed by atoms with Crippen molar-refractivity contribution in [3.8, 4) is 0 Å². The molecule has 0 spiro atoms. The van der Waals surface area contributed by atoms with Crippen LogP contribution in [0.3, 0.4) is 0 Å². The standard InChI is InChI=1S/C23H26O3/c1-3-26-23(25)22-20(24)14-16(2)19(15-17-10-6-4-7-11-17)21(22)18-12-8-5-9-13-18/h5,8-10,12-13,15-16H,3-4,6-7,11,14H2,1-2H3/b19-15+. The highest BCUT2D eigenvalue weighted by Crippen LogP contribution is 2.40. The molecule has 3 heteroatoms. The first-order chi connectivity index (χ1) is 12.6. The van der Waals surface area contributed by atoms with Crippen molar-refractivity contribution in [2.24, 2.45) is 5.92 Å². The molecule has 0 aliphatic heterocycles. The molecule has 0 fully saturated rings. The van der Waals surface area contributed by atoms with Gasteiger partial charge in [-0.05, 0) is 49.7 Å². The summed E-state index contributed by atoms with van der Waals surface area (Å²) in [5.41, 5.74) is 4.24. The molecule has 1 atom stereocenters. The first-order valence-electron chi connectivity index (χ1n) is 9.52. The zero-order valence-corrected chi connectivity index (χ0v) is 15.6. The summed E-state index contributed by atoms with van der Waals surface area (Å²) in [6.45, 7) is 4.09. The van der Waals surface area contributed by atoms with Gasteiger partial charge in [0, 0.05) is 12.0 Å². The second-order valence-corrected chi connectivity index (χ2v) is 6.99. The molecule has 1 aromatic carbocycles. The minimum absolute atomic E-state index is 0.0821. The molecule has 0 amide bonds. The minimum atomic E-state index is -0.508. The molecular formula is C23H26O3. The first kappa shape index (κ1) is 18.4. The number of benzene rings is 1. The van der Waals surface area contributed by atoms with Crippen molar-refractivity contribution in [1.82, 2.24) is 0 Å². The van der Waals surface area contributed by atoms with Crippen molar-refractivity contribution in [1.29, 1.82) is 0 Å². The van der Waals surface area contributed by atoms with Crippen LogP contribution in [0.4, 0.5) is 0 Å². The van der Waals surface area contributed by atoms with E-state index in [2.05, 4.69) is 19.1 Å². The Labute approximate surface area is 155 Å². The molecule has 3 nitrogen and oxygen atoms in total. The molecule has 0 aromatic heterocycles. The van der Waals surface area contributed by atoms with Crippen LogP contribution in [0.5, 0.6) is 0 Å². The molecule has 0 N–H and O–H groups in total. The van der Waals surface area contributed by atoms with E-state index in [0.717, 1.165) is 29.6 Å². The molecule has 2 aliphatic carbocycles. The van der Waals surface area contributed by atoms with Crippen LogP contribution in [0, 0.1) is 5.92 Å². The Hall–Kier alpha value is -2.42. The minimum Gasteiger partial charge on any atom is -0.462 e. The Balaban J connectivity index is 2.19. The molecule has 0 bridgehead atoms. The van der Waals surface area contributed by atoms with Gasteiger partial charge in [0.05, 0.1) is 6.61 Å². The second kappa shape index (κ2) is 8.31. The van der Waals surface area contributed by atoms with Crippen molar-refractivity contribution >= 4 is 17.3 Å². The summed E-state index contributed by atoms with van der Waals surface area (Å²) in [4.78, 5) is 25.3. The van der Waals surface area contributed by atoms with Crippen LogP contribution in [0.25, 0.3) is 5.57 Å². The van der Waals surface area contributed by atoms with E-state index in [1.165, 1.54) is 18.4 Å². The number of allylic oxidation sites excluding steroid dienone is 5. The maximum Gasteiger partial charge on any atom is 0.342 e. The normalized spacial score (nSPS) is 22.4. The smallest absolute Gasteiger partial charge is 0.342 e. The zero-order valence-electron chi connectivity index (χ0n) is 15.6. The highest BCUT2D eigenvalue weighted by molar-refractivity contribution is 6.25. The van der Waals surface area contributed by atoms with Crippen LogP contribution in [0.1, 0.15) is 51.5 Å². The number of Topliss-reactive ketones (excluding diaryl/α,β-unsaturated/α-hetero) is 1. The Morgan fingerprint density at radius 1 is 1.23 bits per heavy atom. The molecule has 0 heterocycles. The Bertz CT molecular complexity index is 781. The number of hydrogen-bond donors (Lipinski definition) is 0. The molecule has 1 unspecified atom stereocenters. The lowest BCUT2D eigenvalue weighted by atomic mass is 9.75. The van der Waals surface area contributed by atoms with Gasteiger partial charge in [0.1, 0.15) is 5.57 Å². The third-order valence-electron chi connectivity index (χ3n) is 5.05. The second-order valence-electron chi connectivity index (χ2n) is 6.99. The van der Waals surface area contributed by atoms with Gasteiger partial charge < -0.3 is 4.74 Å². The quantitative estimate of drug-likeness (QED) is 0.564. The lowest BCUT2D eigenvalue weighted by Gasteiger charge is -2.27. The van der Waals surface area contributed by atoms with E-state index >= 15 is 0 Å². The zero-order chi connectivity index (χ0) is 18.5. The topological polar surface area (TPSA) is 43.4 Å². The van der Waals surface area contributed by atoms with E-state index in [0.29, 0.717) is 6.42 Å². The Morgan fingerprint density at radius 3 is 2.65 bits per heavy atom. The van der Waals surface area contributed by atoms with Gasteiger partial charge in [-0.25, -0.2) is 4.79 Å². The summed E-state index contributed by atoms with van der Waals surface area (Å²) in [5, 5.41) is 0. The average molecular weight is 350 g/mol. The number of ether oxygens (including phenoxy) is 1. The largest absolute Gasteiger partial charge is 0.462 e. The summed E-state index contributed by atoms with van der Waals surface area (Å²) >= 11 is 0. The van der Waals surface area contributed by atoms with Crippen LogP contribution >= 0.6 is 0 Å². The molecule has 2 aliphatic rings. The molecule has 0 saturated carbocycles. The van der Waals surface area contributed by atoms with E-state index in [1.54, 1.807) is 6.92 Å². The van der Waals surface area contributed by atoms with Crippen LogP contribution in [0.2, 0.25) is 0 Å². The lowest BCUT2D eigenvalue weighted by Crippen LogP contribution is -2.26. The maximum absolute atomic E-state index is 12.7. The highest BCUT2D eigenvalue weighted by Gasteiger charge is 2.34. The monoisotopic (exact) mass is 350 g/mol. The fourth-order valence-electron chi connectivity index (χ4n) is 3.76. The van der Waals surface area contributed by atoms with Crippen molar-refractivity contribution in [2.75, 3.05) is 6.61 Å². The van der Waals surface area contributed by atoms with Gasteiger partial charge >= 0.3 is 5.97 Å². The molecule has 3 rings (SSSR count). The Morgan fingerprint density at radius 2 is 2.00 bits per heavy atom. The summed E-state index contributed by atoms with van der Waals surface area (Å²) < 4.78 is 5.22. The molecule has 26 heavy (non-hydrogen) atoms. The number of carbonyl (C=O) groups is 2. The number of esters is 1. The average Bonchev–Trinajstić information content (AvgIpc) is 2.65. The number of hydrogen-bond acceptors (Lipinski definition) is 3. The fraction of sp³-hybridized carbons (Fsp3) is 0.391. The predicted octanol–water partition coefficient (Wildman–Crippen LogP) is 5.04. The summed E-state index contributed by atoms with van der Waals surface area (Å²) in [6, 6.07) is 9.74. The van der Waals surface area contributed by atoms with Crippen LogP contribution in [-0.2, 0) is 14.3 Å². The molecule has 136 valence electrons. The van der Waals surface area contributed by atoms with E-state index in [4.69, 9.17) is 4.74 Å². The fourth-order valence-corrected chi connectivity index (χ4v) is 3.76. The van der Waals surface area contributed by atoms with Gasteiger partial charge in [0.25, 0.3) is 0 Å². The van der Waals surface area contributed by atoms with E-state index < -0.39 is 5.97 Å². The molecule has 0 saturated heterocycles. The van der Waals surface area contributed by atoms with Gasteiger partial charge in [0.2, 0.25) is 0 Å². The lowest BCUT2D eigenvalue weighted by molar-refractivity contribution is -0.140. The maximum atomic E-state index is 12.7.